The van der Waals surface area contributed by atoms with Gasteiger partial charge in [0.05, 0.1) is 26.1 Å². The molecule has 0 aromatic carbocycles. The second-order valence-corrected chi connectivity index (χ2v) is 7.20. The van der Waals surface area contributed by atoms with E-state index in [0.717, 1.165) is 25.7 Å². The van der Waals surface area contributed by atoms with E-state index < -0.39 is 0 Å². The summed E-state index contributed by atoms with van der Waals surface area (Å²) in [6.45, 7) is 9.12. The van der Waals surface area contributed by atoms with Crippen LogP contribution in [-0.2, 0) is 19.1 Å². The van der Waals surface area contributed by atoms with Crippen molar-refractivity contribution in [3.63, 3.8) is 0 Å². The lowest BCUT2D eigenvalue weighted by atomic mass is 10.3. The van der Waals surface area contributed by atoms with Crippen molar-refractivity contribution < 1.29 is 19.1 Å². The molecule has 124 valence electrons. The molecule has 21 heavy (non-hydrogen) atoms. The van der Waals surface area contributed by atoms with E-state index in [-0.39, 0.29) is 22.4 Å². The van der Waals surface area contributed by atoms with Crippen molar-refractivity contribution in [1.29, 1.82) is 0 Å². The fourth-order valence-electron chi connectivity index (χ4n) is 1.74. The number of hydrogen-bond donors (Lipinski definition) is 0. The lowest BCUT2D eigenvalue weighted by molar-refractivity contribution is -0.144. The Bertz CT molecular complexity index is 266. The first-order chi connectivity index (χ1) is 9.99. The first-order valence-electron chi connectivity index (χ1n) is 7.96. The maximum absolute atomic E-state index is 11.6. The SMILES string of the molecule is CCCCOC(=O)CC(C)SC(C)CC(=O)OCCCC. The van der Waals surface area contributed by atoms with Crippen molar-refractivity contribution in [2.75, 3.05) is 13.2 Å². The molecule has 5 heteroatoms. The molecule has 0 aromatic heterocycles. The molecule has 0 aromatic rings. The highest BCUT2D eigenvalue weighted by Gasteiger charge is 2.17. The topological polar surface area (TPSA) is 52.6 Å². The van der Waals surface area contributed by atoms with Gasteiger partial charge in [-0.25, -0.2) is 0 Å². The average Bonchev–Trinajstić information content (AvgIpc) is 2.38. The van der Waals surface area contributed by atoms with Gasteiger partial charge >= 0.3 is 11.9 Å². The maximum atomic E-state index is 11.6. The molecule has 2 atom stereocenters. The zero-order chi connectivity index (χ0) is 16.1. The molecule has 0 heterocycles. The van der Waals surface area contributed by atoms with E-state index in [2.05, 4.69) is 13.8 Å². The van der Waals surface area contributed by atoms with Crippen molar-refractivity contribution in [1.82, 2.24) is 0 Å². The molecular formula is C16H30O4S. The Morgan fingerprint density at radius 1 is 0.857 bits per heavy atom. The van der Waals surface area contributed by atoms with Crippen LogP contribution in [0.4, 0.5) is 0 Å². The van der Waals surface area contributed by atoms with Crippen LogP contribution in [0.1, 0.15) is 66.2 Å². The Hall–Kier alpha value is -0.710. The van der Waals surface area contributed by atoms with Crippen LogP contribution in [-0.4, -0.2) is 35.7 Å². The minimum absolute atomic E-state index is 0.151. The van der Waals surface area contributed by atoms with Crippen LogP contribution in [0.2, 0.25) is 0 Å². The summed E-state index contributed by atoms with van der Waals surface area (Å²) in [5.41, 5.74) is 0. The largest absolute Gasteiger partial charge is 0.466 e. The number of rotatable bonds is 12. The van der Waals surface area contributed by atoms with Crippen LogP contribution < -0.4 is 0 Å². The summed E-state index contributed by atoms with van der Waals surface area (Å²) in [6.07, 6.45) is 4.65. The number of carbonyl (C=O) groups excluding carboxylic acids is 2. The van der Waals surface area contributed by atoms with Crippen molar-refractivity contribution in [3.05, 3.63) is 0 Å². The maximum Gasteiger partial charge on any atom is 0.306 e. The van der Waals surface area contributed by atoms with E-state index in [1.165, 1.54) is 0 Å². The van der Waals surface area contributed by atoms with Gasteiger partial charge in [-0.3, -0.25) is 9.59 Å². The van der Waals surface area contributed by atoms with Crippen LogP contribution in [0.5, 0.6) is 0 Å². The van der Waals surface area contributed by atoms with Gasteiger partial charge in [-0.2, -0.15) is 11.8 Å². The molecule has 0 aliphatic rings. The third kappa shape index (κ3) is 12.7. The van der Waals surface area contributed by atoms with Crippen LogP contribution in [0.25, 0.3) is 0 Å². The third-order valence-corrected chi connectivity index (χ3v) is 4.16. The molecule has 0 radical (unpaired) electrons. The number of ether oxygens (including phenoxy) is 2. The molecule has 0 N–H and O–H groups in total. The van der Waals surface area contributed by atoms with Crippen molar-refractivity contribution >= 4 is 23.7 Å². The first kappa shape index (κ1) is 20.3. The fourth-order valence-corrected chi connectivity index (χ4v) is 3.00. The molecule has 2 unspecified atom stereocenters. The summed E-state index contributed by atoms with van der Waals surface area (Å²) in [4.78, 5) is 23.2. The fraction of sp³-hybridized carbons (Fsp3) is 0.875. The van der Waals surface area contributed by atoms with Gasteiger partial charge < -0.3 is 9.47 Å². The van der Waals surface area contributed by atoms with Crippen LogP contribution in [0.3, 0.4) is 0 Å². The molecule has 0 saturated heterocycles. The summed E-state index contributed by atoms with van der Waals surface area (Å²) in [6, 6.07) is 0. The van der Waals surface area contributed by atoms with Gasteiger partial charge in [0.1, 0.15) is 0 Å². The Labute approximate surface area is 133 Å². The van der Waals surface area contributed by atoms with Gasteiger partial charge in [0, 0.05) is 10.5 Å². The lowest BCUT2D eigenvalue weighted by Gasteiger charge is -2.16. The van der Waals surface area contributed by atoms with Crippen LogP contribution in [0.15, 0.2) is 0 Å². The summed E-state index contributed by atoms with van der Waals surface area (Å²) in [5.74, 6) is -0.303. The molecule has 0 aliphatic carbocycles. The predicted octanol–water partition coefficient (Wildman–Crippen LogP) is 3.96. The Morgan fingerprint density at radius 3 is 1.57 bits per heavy atom. The molecular weight excluding hydrogens is 288 g/mol. The van der Waals surface area contributed by atoms with Gasteiger partial charge in [0.2, 0.25) is 0 Å². The molecule has 0 aliphatic heterocycles. The number of esters is 2. The number of thioether (sulfide) groups is 1. The van der Waals surface area contributed by atoms with Crippen LogP contribution in [0, 0.1) is 0 Å². The minimum atomic E-state index is -0.152. The van der Waals surface area contributed by atoms with E-state index in [9.17, 15) is 9.59 Å². The van der Waals surface area contributed by atoms with E-state index in [0.29, 0.717) is 26.1 Å². The Morgan fingerprint density at radius 2 is 1.24 bits per heavy atom. The molecule has 0 rings (SSSR count). The number of unbranched alkanes of at least 4 members (excludes halogenated alkanes) is 2. The molecule has 0 bridgehead atoms. The van der Waals surface area contributed by atoms with E-state index in [1.54, 1.807) is 11.8 Å². The van der Waals surface area contributed by atoms with Gasteiger partial charge in [0.15, 0.2) is 0 Å². The summed E-state index contributed by atoms with van der Waals surface area (Å²) in [5, 5.41) is 0.301. The smallest absolute Gasteiger partial charge is 0.306 e. The second kappa shape index (κ2) is 13.0. The van der Waals surface area contributed by atoms with Crippen molar-refractivity contribution in [2.24, 2.45) is 0 Å². The second-order valence-electron chi connectivity index (χ2n) is 5.31. The summed E-state index contributed by atoms with van der Waals surface area (Å²) >= 11 is 1.63. The Balaban J connectivity index is 3.79. The van der Waals surface area contributed by atoms with Gasteiger partial charge in [-0.05, 0) is 12.8 Å². The molecule has 0 amide bonds. The van der Waals surface area contributed by atoms with Crippen LogP contribution >= 0.6 is 11.8 Å². The predicted molar refractivity (Wildman–Crippen MR) is 87.5 cm³/mol. The van der Waals surface area contributed by atoms with Gasteiger partial charge in [-0.1, -0.05) is 40.5 Å². The first-order valence-corrected chi connectivity index (χ1v) is 8.90. The van der Waals surface area contributed by atoms with E-state index >= 15 is 0 Å². The quantitative estimate of drug-likeness (QED) is 0.402. The third-order valence-electron chi connectivity index (χ3n) is 2.89. The zero-order valence-electron chi connectivity index (χ0n) is 13.9. The van der Waals surface area contributed by atoms with E-state index in [4.69, 9.17) is 9.47 Å². The van der Waals surface area contributed by atoms with Gasteiger partial charge in [-0.15, -0.1) is 0 Å². The molecule has 0 spiro atoms. The molecule has 0 saturated carbocycles. The highest BCUT2D eigenvalue weighted by Crippen LogP contribution is 2.23. The highest BCUT2D eigenvalue weighted by molar-refractivity contribution is 8.00. The number of hydrogen-bond acceptors (Lipinski definition) is 5. The summed E-state index contributed by atoms with van der Waals surface area (Å²) < 4.78 is 10.3. The summed E-state index contributed by atoms with van der Waals surface area (Å²) in [7, 11) is 0. The zero-order valence-corrected chi connectivity index (χ0v) is 14.7. The monoisotopic (exact) mass is 318 g/mol. The lowest BCUT2D eigenvalue weighted by Crippen LogP contribution is -2.17. The average molecular weight is 318 g/mol. The minimum Gasteiger partial charge on any atom is -0.466 e. The van der Waals surface area contributed by atoms with Gasteiger partial charge in [0.25, 0.3) is 0 Å². The van der Waals surface area contributed by atoms with E-state index in [1.807, 2.05) is 13.8 Å². The molecule has 4 nitrogen and oxygen atoms in total. The van der Waals surface area contributed by atoms with Crippen molar-refractivity contribution in [2.45, 2.75) is 76.7 Å². The molecule has 0 fully saturated rings. The van der Waals surface area contributed by atoms with Crippen molar-refractivity contribution in [3.8, 4) is 0 Å². The Kier molecular flexibility index (Phi) is 12.5. The standard InChI is InChI=1S/C16H30O4S/c1-5-7-9-19-15(17)11-13(3)21-14(4)12-16(18)20-10-8-6-2/h13-14H,5-12H2,1-4H3. The number of carbonyl (C=O) groups is 2. The normalized spacial score (nSPS) is 13.5. The highest BCUT2D eigenvalue weighted by atomic mass is 32.2.